The van der Waals surface area contributed by atoms with Gasteiger partial charge in [-0.15, -0.1) is 0 Å². The minimum absolute atomic E-state index is 0.195. The van der Waals surface area contributed by atoms with Crippen LogP contribution in [-0.2, 0) is 19.7 Å². The average molecular weight is 309 g/mol. The van der Waals surface area contributed by atoms with Gasteiger partial charge in [0.25, 0.3) is 0 Å². The molecule has 0 aliphatic rings. The van der Waals surface area contributed by atoms with Crippen molar-refractivity contribution in [2.45, 2.75) is 22.6 Å². The topological polar surface area (TPSA) is 94.3 Å². The Kier molecular flexibility index (Phi) is 4.38. The number of sulfone groups is 2. The van der Waals surface area contributed by atoms with Crippen LogP contribution in [0.1, 0.15) is 18.4 Å². The third kappa shape index (κ3) is 3.52. The molecule has 0 amide bonds. The van der Waals surface area contributed by atoms with E-state index in [2.05, 4.69) is 0 Å². The first kappa shape index (κ1) is 16.1. The summed E-state index contributed by atoms with van der Waals surface area (Å²) in [5.74, 6) is -1.34. The van der Waals surface area contributed by atoms with Crippen LogP contribution in [0, 0.1) is 5.82 Å². The second kappa shape index (κ2) is 5.18. The Morgan fingerprint density at radius 1 is 1.16 bits per heavy atom. The van der Waals surface area contributed by atoms with Crippen LogP contribution >= 0.6 is 0 Å². The van der Waals surface area contributed by atoms with Gasteiger partial charge in [0.15, 0.2) is 19.7 Å². The van der Waals surface area contributed by atoms with Crippen LogP contribution < -0.4 is 5.73 Å². The van der Waals surface area contributed by atoms with E-state index in [1.54, 1.807) is 6.92 Å². The quantitative estimate of drug-likeness (QED) is 0.883. The molecule has 19 heavy (non-hydrogen) atoms. The van der Waals surface area contributed by atoms with Crippen molar-refractivity contribution in [2.75, 3.05) is 19.1 Å². The first-order valence-corrected chi connectivity index (χ1v) is 9.20. The third-order valence-corrected chi connectivity index (χ3v) is 5.13. The second-order valence-corrected chi connectivity index (χ2v) is 8.45. The predicted octanol–water partition coefficient (Wildman–Crippen LogP) is 0.695. The molecule has 1 rings (SSSR count). The summed E-state index contributed by atoms with van der Waals surface area (Å²) >= 11 is 0. The molecular weight excluding hydrogens is 293 g/mol. The molecule has 0 heterocycles. The van der Waals surface area contributed by atoms with Gasteiger partial charge in [0.2, 0.25) is 0 Å². The number of halogens is 1. The van der Waals surface area contributed by atoms with E-state index in [-0.39, 0.29) is 12.5 Å². The molecular formula is C11H16FNO4S2. The Labute approximate surface area is 112 Å². The molecule has 0 radical (unpaired) electrons. The van der Waals surface area contributed by atoms with Gasteiger partial charge in [0.05, 0.1) is 4.90 Å². The van der Waals surface area contributed by atoms with Gasteiger partial charge in [0.1, 0.15) is 10.7 Å². The summed E-state index contributed by atoms with van der Waals surface area (Å²) in [5, 5.41) is 0. The molecule has 0 aromatic heterocycles. The van der Waals surface area contributed by atoms with Gasteiger partial charge in [-0.2, -0.15) is 0 Å². The smallest absolute Gasteiger partial charge is 0.179 e. The molecule has 1 unspecified atom stereocenters. The van der Waals surface area contributed by atoms with Gasteiger partial charge in [-0.05, 0) is 30.2 Å². The summed E-state index contributed by atoms with van der Waals surface area (Å²) in [6, 6.07) is 2.19. The van der Waals surface area contributed by atoms with Crippen molar-refractivity contribution in [1.82, 2.24) is 0 Å². The van der Waals surface area contributed by atoms with Gasteiger partial charge in [-0.25, -0.2) is 21.2 Å². The third-order valence-electron chi connectivity index (χ3n) is 2.72. The zero-order valence-electron chi connectivity index (χ0n) is 10.8. The molecule has 5 nitrogen and oxygen atoms in total. The SMILES string of the molecule is CC(CN)c1cc(F)c(S(C)(=O)=O)c(S(C)(=O)=O)c1. The van der Waals surface area contributed by atoms with E-state index in [0.717, 1.165) is 18.6 Å². The lowest BCUT2D eigenvalue weighted by Crippen LogP contribution is -2.14. The minimum Gasteiger partial charge on any atom is -0.330 e. The maximum absolute atomic E-state index is 13.9. The fourth-order valence-electron chi connectivity index (χ4n) is 1.64. The van der Waals surface area contributed by atoms with Gasteiger partial charge in [-0.1, -0.05) is 6.92 Å². The molecule has 0 aliphatic carbocycles. The Morgan fingerprint density at radius 2 is 1.68 bits per heavy atom. The normalized spacial score (nSPS) is 14.4. The fraction of sp³-hybridized carbons (Fsp3) is 0.455. The summed E-state index contributed by atoms with van der Waals surface area (Å²) in [7, 11) is -7.85. The van der Waals surface area contributed by atoms with E-state index < -0.39 is 35.3 Å². The maximum Gasteiger partial charge on any atom is 0.179 e. The number of hydrogen-bond donors (Lipinski definition) is 1. The molecule has 0 saturated heterocycles. The first-order valence-electron chi connectivity index (χ1n) is 5.42. The van der Waals surface area contributed by atoms with Crippen LogP contribution in [0.25, 0.3) is 0 Å². The fourth-order valence-corrected chi connectivity index (χ4v) is 4.17. The van der Waals surface area contributed by atoms with Crippen molar-refractivity contribution >= 4 is 19.7 Å². The van der Waals surface area contributed by atoms with Crippen molar-refractivity contribution < 1.29 is 21.2 Å². The van der Waals surface area contributed by atoms with Crippen molar-refractivity contribution in [3.8, 4) is 0 Å². The van der Waals surface area contributed by atoms with Crippen LogP contribution in [0.2, 0.25) is 0 Å². The zero-order valence-corrected chi connectivity index (χ0v) is 12.5. The van der Waals surface area contributed by atoms with Crippen LogP contribution in [0.15, 0.2) is 21.9 Å². The molecule has 0 fully saturated rings. The second-order valence-electron chi connectivity index (χ2n) is 4.51. The van der Waals surface area contributed by atoms with Gasteiger partial charge in [-0.3, -0.25) is 0 Å². The van der Waals surface area contributed by atoms with Crippen LogP contribution in [0.5, 0.6) is 0 Å². The van der Waals surface area contributed by atoms with Crippen LogP contribution in [-0.4, -0.2) is 35.9 Å². The van der Waals surface area contributed by atoms with E-state index >= 15 is 0 Å². The van der Waals surface area contributed by atoms with Gasteiger partial charge < -0.3 is 5.73 Å². The Bertz CT molecular complexity index is 696. The lowest BCUT2D eigenvalue weighted by Gasteiger charge is -2.14. The molecule has 2 N–H and O–H groups in total. The van der Waals surface area contributed by atoms with Gasteiger partial charge >= 0.3 is 0 Å². The van der Waals surface area contributed by atoms with Crippen molar-refractivity contribution in [1.29, 1.82) is 0 Å². The number of rotatable bonds is 4. The van der Waals surface area contributed by atoms with Gasteiger partial charge in [0, 0.05) is 12.5 Å². The predicted molar refractivity (Wildman–Crippen MR) is 70.1 cm³/mol. The van der Waals surface area contributed by atoms with Crippen molar-refractivity contribution in [2.24, 2.45) is 5.73 Å². The summed E-state index contributed by atoms with van der Waals surface area (Å²) in [5.41, 5.74) is 5.80. The average Bonchev–Trinajstić information content (AvgIpc) is 2.23. The lowest BCUT2D eigenvalue weighted by atomic mass is 10.0. The number of hydrogen-bond acceptors (Lipinski definition) is 5. The lowest BCUT2D eigenvalue weighted by molar-refractivity contribution is 0.550. The molecule has 1 aromatic rings. The molecule has 108 valence electrons. The standard InChI is InChI=1S/C11H16FNO4S2/c1-7(6-13)8-4-9(12)11(19(3,16)17)10(5-8)18(2,14)15/h4-5,7H,6,13H2,1-3H3. The number of benzene rings is 1. The summed E-state index contributed by atoms with van der Waals surface area (Å²) in [4.78, 5) is -1.31. The Hall–Kier alpha value is -0.990. The Balaban J connectivity index is 3.78. The summed E-state index contributed by atoms with van der Waals surface area (Å²) in [6.45, 7) is 1.89. The highest BCUT2D eigenvalue weighted by molar-refractivity contribution is 7.93. The first-order chi connectivity index (χ1) is 8.48. The van der Waals surface area contributed by atoms with E-state index in [0.29, 0.717) is 5.56 Å². The summed E-state index contributed by atoms with van der Waals surface area (Å²) < 4.78 is 60.3. The summed E-state index contributed by atoms with van der Waals surface area (Å²) in [6.07, 6.45) is 1.61. The highest BCUT2D eigenvalue weighted by atomic mass is 32.2. The minimum atomic E-state index is -3.98. The van der Waals surface area contributed by atoms with E-state index in [4.69, 9.17) is 5.73 Å². The highest BCUT2D eigenvalue weighted by Gasteiger charge is 2.26. The van der Waals surface area contributed by atoms with Crippen molar-refractivity contribution in [3.63, 3.8) is 0 Å². The number of nitrogens with two attached hydrogens (primary N) is 1. The van der Waals surface area contributed by atoms with Crippen LogP contribution in [0.3, 0.4) is 0 Å². The molecule has 0 spiro atoms. The molecule has 1 aromatic carbocycles. The van der Waals surface area contributed by atoms with E-state index in [9.17, 15) is 21.2 Å². The highest BCUT2D eigenvalue weighted by Crippen LogP contribution is 2.28. The molecule has 0 aliphatic heterocycles. The molecule has 0 saturated carbocycles. The van der Waals surface area contributed by atoms with Crippen LogP contribution in [0.4, 0.5) is 4.39 Å². The van der Waals surface area contributed by atoms with E-state index in [1.807, 2.05) is 0 Å². The maximum atomic E-state index is 13.9. The zero-order chi connectivity index (χ0) is 15.0. The molecule has 8 heteroatoms. The molecule has 1 atom stereocenters. The largest absolute Gasteiger partial charge is 0.330 e. The molecule has 0 bridgehead atoms. The van der Waals surface area contributed by atoms with E-state index in [1.165, 1.54) is 6.07 Å². The monoisotopic (exact) mass is 309 g/mol. The van der Waals surface area contributed by atoms with Crippen molar-refractivity contribution in [3.05, 3.63) is 23.5 Å². The Morgan fingerprint density at radius 3 is 2.05 bits per heavy atom.